The molecule has 0 spiro atoms. The number of amides is 1. The Labute approximate surface area is 158 Å². The van der Waals surface area contributed by atoms with Gasteiger partial charge in [-0.25, -0.2) is 4.98 Å². The summed E-state index contributed by atoms with van der Waals surface area (Å²) >= 11 is 0. The van der Waals surface area contributed by atoms with Crippen LogP contribution in [0.4, 0.5) is 5.82 Å². The van der Waals surface area contributed by atoms with E-state index in [2.05, 4.69) is 20.8 Å². The lowest BCUT2D eigenvalue weighted by molar-refractivity contribution is 0.0952. The summed E-state index contributed by atoms with van der Waals surface area (Å²) < 4.78 is 5.21. The maximum Gasteiger partial charge on any atom is 0.252 e. The molecular formula is C21H24N4O2. The first-order valence-corrected chi connectivity index (χ1v) is 9.48. The van der Waals surface area contributed by atoms with Gasteiger partial charge in [-0.3, -0.25) is 4.79 Å². The predicted octanol–water partition coefficient (Wildman–Crippen LogP) is 3.78. The highest BCUT2D eigenvalue weighted by molar-refractivity contribution is 6.07. The van der Waals surface area contributed by atoms with Gasteiger partial charge in [-0.15, -0.1) is 0 Å². The van der Waals surface area contributed by atoms with Crippen molar-refractivity contribution in [2.75, 3.05) is 11.9 Å². The third-order valence-electron chi connectivity index (χ3n) is 4.96. The number of para-hydroxylation sites is 1. The lowest BCUT2D eigenvalue weighted by Gasteiger charge is -2.11. The minimum absolute atomic E-state index is 0.0186. The molecule has 1 aliphatic carbocycles. The standard InChI is InChI=1S/C21H24N4O2/c1-13-16(14(2)27-25-13)7-5-11-22-20-12-18(21(26)23-15-9-10-15)17-6-3-4-8-19(17)24-20/h3-4,6,8,12,15H,5,7,9-11H2,1-2H3,(H,22,24)(H,23,26). The number of carbonyl (C=O) groups is 1. The zero-order valence-electron chi connectivity index (χ0n) is 15.7. The zero-order valence-corrected chi connectivity index (χ0v) is 15.7. The first-order valence-electron chi connectivity index (χ1n) is 9.48. The van der Waals surface area contributed by atoms with Gasteiger partial charge in [0.2, 0.25) is 0 Å². The van der Waals surface area contributed by atoms with Crippen LogP contribution in [-0.4, -0.2) is 28.6 Å². The summed E-state index contributed by atoms with van der Waals surface area (Å²) in [7, 11) is 0. The average molecular weight is 364 g/mol. The Morgan fingerprint density at radius 2 is 2.07 bits per heavy atom. The van der Waals surface area contributed by atoms with Crippen molar-refractivity contribution in [2.24, 2.45) is 0 Å². The monoisotopic (exact) mass is 364 g/mol. The van der Waals surface area contributed by atoms with E-state index in [1.54, 1.807) is 0 Å². The third-order valence-corrected chi connectivity index (χ3v) is 4.96. The van der Waals surface area contributed by atoms with E-state index in [4.69, 9.17) is 4.52 Å². The summed E-state index contributed by atoms with van der Waals surface area (Å²) in [6, 6.07) is 9.96. The van der Waals surface area contributed by atoms with Crippen molar-refractivity contribution in [3.63, 3.8) is 0 Å². The summed E-state index contributed by atoms with van der Waals surface area (Å²) in [5, 5.41) is 11.3. The molecule has 0 aliphatic heterocycles. The van der Waals surface area contributed by atoms with Crippen LogP contribution < -0.4 is 10.6 Å². The van der Waals surface area contributed by atoms with Crippen LogP contribution in [0.25, 0.3) is 10.9 Å². The molecule has 1 fully saturated rings. The van der Waals surface area contributed by atoms with E-state index < -0.39 is 0 Å². The quantitative estimate of drug-likeness (QED) is 0.624. The number of pyridine rings is 1. The molecule has 1 aromatic carbocycles. The second-order valence-electron chi connectivity index (χ2n) is 7.15. The molecule has 0 unspecified atom stereocenters. The summed E-state index contributed by atoms with van der Waals surface area (Å²) in [6.07, 6.45) is 3.97. The molecule has 1 saturated carbocycles. The van der Waals surface area contributed by atoms with Crippen LogP contribution in [0.3, 0.4) is 0 Å². The van der Waals surface area contributed by atoms with Gasteiger partial charge >= 0.3 is 0 Å². The Bertz CT molecular complexity index is 956. The van der Waals surface area contributed by atoms with Gasteiger partial charge < -0.3 is 15.2 Å². The Kier molecular flexibility index (Phi) is 4.79. The van der Waals surface area contributed by atoms with E-state index in [-0.39, 0.29) is 5.91 Å². The molecule has 140 valence electrons. The lowest BCUT2D eigenvalue weighted by Crippen LogP contribution is -2.25. The maximum absolute atomic E-state index is 12.6. The Morgan fingerprint density at radius 1 is 1.26 bits per heavy atom. The molecular weight excluding hydrogens is 340 g/mol. The van der Waals surface area contributed by atoms with Crippen LogP contribution in [0.2, 0.25) is 0 Å². The fourth-order valence-electron chi connectivity index (χ4n) is 3.29. The average Bonchev–Trinajstić information content (AvgIpc) is 3.43. The highest BCUT2D eigenvalue weighted by atomic mass is 16.5. The molecule has 4 rings (SSSR count). The van der Waals surface area contributed by atoms with Gasteiger partial charge in [-0.05, 0) is 51.7 Å². The van der Waals surface area contributed by atoms with Crippen LogP contribution in [0.5, 0.6) is 0 Å². The summed E-state index contributed by atoms with van der Waals surface area (Å²) in [4.78, 5) is 17.3. The van der Waals surface area contributed by atoms with Gasteiger partial charge in [0.15, 0.2) is 0 Å². The minimum atomic E-state index is -0.0186. The number of rotatable bonds is 7. The predicted molar refractivity (Wildman–Crippen MR) is 105 cm³/mol. The van der Waals surface area contributed by atoms with Gasteiger partial charge in [0.05, 0.1) is 16.8 Å². The van der Waals surface area contributed by atoms with Gasteiger partial charge in [0, 0.05) is 23.5 Å². The van der Waals surface area contributed by atoms with Gasteiger partial charge in [-0.1, -0.05) is 23.4 Å². The van der Waals surface area contributed by atoms with Crippen molar-refractivity contribution >= 4 is 22.6 Å². The van der Waals surface area contributed by atoms with E-state index in [9.17, 15) is 4.79 Å². The molecule has 0 radical (unpaired) electrons. The second-order valence-corrected chi connectivity index (χ2v) is 7.15. The van der Waals surface area contributed by atoms with Crippen molar-refractivity contribution < 1.29 is 9.32 Å². The molecule has 0 saturated heterocycles. The van der Waals surface area contributed by atoms with Crippen LogP contribution in [-0.2, 0) is 6.42 Å². The van der Waals surface area contributed by atoms with Crippen molar-refractivity contribution in [3.05, 3.63) is 52.9 Å². The number of aryl methyl sites for hydroxylation is 2. The van der Waals surface area contributed by atoms with Crippen LogP contribution in [0.15, 0.2) is 34.9 Å². The maximum atomic E-state index is 12.6. The molecule has 3 aromatic rings. The van der Waals surface area contributed by atoms with Crippen LogP contribution in [0.1, 0.15) is 46.6 Å². The summed E-state index contributed by atoms with van der Waals surface area (Å²) in [5.41, 5.74) is 3.64. The molecule has 1 aliphatic rings. The second kappa shape index (κ2) is 7.39. The van der Waals surface area contributed by atoms with Gasteiger partial charge in [0.25, 0.3) is 5.91 Å². The highest BCUT2D eigenvalue weighted by Crippen LogP contribution is 2.24. The first kappa shape index (κ1) is 17.5. The van der Waals surface area contributed by atoms with Gasteiger partial charge in [-0.2, -0.15) is 0 Å². The third kappa shape index (κ3) is 3.94. The molecule has 2 heterocycles. The summed E-state index contributed by atoms with van der Waals surface area (Å²) in [5.74, 6) is 1.60. The number of fused-ring (bicyclic) bond motifs is 1. The minimum Gasteiger partial charge on any atom is -0.370 e. The molecule has 6 nitrogen and oxygen atoms in total. The number of hydrogen-bond acceptors (Lipinski definition) is 5. The van der Waals surface area contributed by atoms with Gasteiger partial charge in [0.1, 0.15) is 11.6 Å². The number of anilines is 1. The zero-order chi connectivity index (χ0) is 18.8. The number of hydrogen-bond donors (Lipinski definition) is 2. The highest BCUT2D eigenvalue weighted by Gasteiger charge is 2.25. The van der Waals surface area contributed by atoms with Crippen molar-refractivity contribution in [1.29, 1.82) is 0 Å². The molecule has 27 heavy (non-hydrogen) atoms. The SMILES string of the molecule is Cc1noc(C)c1CCCNc1cc(C(=O)NC2CC2)c2ccccc2n1. The number of nitrogens with one attached hydrogen (secondary N) is 2. The topological polar surface area (TPSA) is 80.0 Å². The summed E-state index contributed by atoms with van der Waals surface area (Å²) in [6.45, 7) is 4.67. The number of aromatic nitrogens is 2. The normalized spacial score (nSPS) is 13.7. The molecule has 6 heteroatoms. The van der Waals surface area contributed by atoms with E-state index in [0.29, 0.717) is 11.6 Å². The van der Waals surface area contributed by atoms with Crippen LogP contribution in [0, 0.1) is 13.8 Å². The molecule has 2 N–H and O–H groups in total. The fourth-order valence-corrected chi connectivity index (χ4v) is 3.29. The fraction of sp³-hybridized carbons (Fsp3) is 0.381. The number of nitrogens with zero attached hydrogens (tertiary/aromatic N) is 2. The number of carbonyl (C=O) groups excluding carboxylic acids is 1. The largest absolute Gasteiger partial charge is 0.370 e. The molecule has 2 aromatic heterocycles. The van der Waals surface area contributed by atoms with Crippen molar-refractivity contribution in [1.82, 2.24) is 15.5 Å². The molecule has 0 bridgehead atoms. The van der Waals surface area contributed by atoms with E-state index in [0.717, 1.165) is 60.4 Å². The lowest BCUT2D eigenvalue weighted by atomic mass is 10.1. The van der Waals surface area contributed by atoms with Crippen molar-refractivity contribution in [2.45, 2.75) is 45.6 Å². The molecule has 1 amide bonds. The first-order chi connectivity index (χ1) is 13.1. The van der Waals surface area contributed by atoms with E-state index in [1.165, 1.54) is 5.56 Å². The molecule has 0 atom stereocenters. The van der Waals surface area contributed by atoms with E-state index in [1.807, 2.05) is 44.2 Å². The number of benzene rings is 1. The van der Waals surface area contributed by atoms with Crippen LogP contribution >= 0.6 is 0 Å². The smallest absolute Gasteiger partial charge is 0.252 e. The Hall–Kier alpha value is -2.89. The Morgan fingerprint density at radius 3 is 2.81 bits per heavy atom. The van der Waals surface area contributed by atoms with Crippen molar-refractivity contribution in [3.8, 4) is 0 Å². The van der Waals surface area contributed by atoms with E-state index >= 15 is 0 Å². The Balaban J connectivity index is 1.47.